The topological polar surface area (TPSA) is 67.4 Å². The van der Waals surface area contributed by atoms with Crippen LogP contribution in [0.25, 0.3) is 0 Å². The lowest BCUT2D eigenvalue weighted by molar-refractivity contribution is -0.173. The predicted molar refractivity (Wildman–Crippen MR) is 68.1 cm³/mol. The largest absolute Gasteiger partial charge is 0.495 e. The van der Waals surface area contributed by atoms with Crippen LogP contribution in [0, 0.1) is 0 Å². The third-order valence-corrected chi connectivity index (χ3v) is 3.13. The van der Waals surface area contributed by atoms with E-state index in [0.717, 1.165) is 0 Å². The van der Waals surface area contributed by atoms with Gasteiger partial charge in [-0.15, -0.1) is 0 Å². The molecule has 2 rings (SSSR count). The van der Waals surface area contributed by atoms with Crippen molar-refractivity contribution < 1.29 is 27.5 Å². The number of hydrogen-bond donors (Lipinski definition) is 2. The second-order valence-corrected chi connectivity index (χ2v) is 4.51. The molecule has 8 heteroatoms. The number of halogens is 3. The summed E-state index contributed by atoms with van der Waals surface area (Å²) >= 11 is 0. The highest BCUT2D eigenvalue weighted by Gasteiger charge is 2.38. The van der Waals surface area contributed by atoms with Crippen LogP contribution in [0.5, 0.6) is 5.75 Å². The Kier molecular flexibility index (Phi) is 4.06. The molecule has 1 aliphatic heterocycles. The summed E-state index contributed by atoms with van der Waals surface area (Å²) < 4.78 is 41.3. The number of benzene rings is 1. The molecule has 1 aromatic rings. The van der Waals surface area contributed by atoms with Crippen LogP contribution in [-0.2, 0) is 22.4 Å². The number of amides is 2. The van der Waals surface area contributed by atoms with Crippen molar-refractivity contribution in [3.63, 3.8) is 0 Å². The number of methoxy groups -OCH3 is 1. The number of fused-ring (bicyclic) bond motifs is 1. The Hall–Kier alpha value is -2.25. The molecule has 1 aromatic carbocycles. The molecule has 0 radical (unpaired) electrons. The number of hydrogen-bond acceptors (Lipinski definition) is 3. The summed E-state index contributed by atoms with van der Waals surface area (Å²) in [4.78, 5) is 22.2. The van der Waals surface area contributed by atoms with Gasteiger partial charge in [-0.2, -0.15) is 13.2 Å². The van der Waals surface area contributed by atoms with E-state index >= 15 is 0 Å². The lowest BCUT2D eigenvalue weighted by Crippen LogP contribution is -2.37. The zero-order chi connectivity index (χ0) is 15.6. The van der Waals surface area contributed by atoms with Crippen LogP contribution >= 0.6 is 0 Å². The standard InChI is InChI=1S/C13H13F3N2O3/c1-21-9-3-2-7(8-6-10(19)18-11(8)9)4-5-17-12(20)13(14,15)16/h2-3H,4-6H2,1H3,(H,17,20)(H,18,19). The van der Waals surface area contributed by atoms with Crippen molar-refractivity contribution in [2.24, 2.45) is 0 Å². The number of alkyl halides is 3. The zero-order valence-corrected chi connectivity index (χ0v) is 11.1. The Balaban J connectivity index is 2.07. The first-order chi connectivity index (χ1) is 9.82. The van der Waals surface area contributed by atoms with Gasteiger partial charge in [-0.1, -0.05) is 6.07 Å². The molecule has 0 unspecified atom stereocenters. The van der Waals surface area contributed by atoms with Gasteiger partial charge in [-0.25, -0.2) is 0 Å². The van der Waals surface area contributed by atoms with Crippen molar-refractivity contribution in [3.8, 4) is 5.75 Å². The summed E-state index contributed by atoms with van der Waals surface area (Å²) in [5.41, 5.74) is 1.94. The molecule has 114 valence electrons. The first-order valence-corrected chi connectivity index (χ1v) is 6.16. The van der Waals surface area contributed by atoms with Crippen molar-refractivity contribution in [3.05, 3.63) is 23.3 Å². The van der Waals surface area contributed by atoms with Gasteiger partial charge in [0.2, 0.25) is 5.91 Å². The Morgan fingerprint density at radius 3 is 2.76 bits per heavy atom. The molecular weight excluding hydrogens is 289 g/mol. The van der Waals surface area contributed by atoms with Gasteiger partial charge in [0.25, 0.3) is 0 Å². The van der Waals surface area contributed by atoms with E-state index in [9.17, 15) is 22.8 Å². The first-order valence-electron chi connectivity index (χ1n) is 6.16. The van der Waals surface area contributed by atoms with E-state index in [1.807, 2.05) is 0 Å². The van der Waals surface area contributed by atoms with Crippen molar-refractivity contribution >= 4 is 17.5 Å². The van der Waals surface area contributed by atoms with E-state index in [1.165, 1.54) is 7.11 Å². The van der Waals surface area contributed by atoms with Gasteiger partial charge in [0.05, 0.1) is 19.2 Å². The van der Waals surface area contributed by atoms with Gasteiger partial charge in [0.1, 0.15) is 5.75 Å². The third-order valence-electron chi connectivity index (χ3n) is 3.13. The molecule has 0 saturated carbocycles. The second kappa shape index (κ2) is 5.63. The molecule has 0 aromatic heterocycles. The third kappa shape index (κ3) is 3.26. The van der Waals surface area contributed by atoms with Gasteiger partial charge < -0.3 is 15.4 Å². The smallest absolute Gasteiger partial charge is 0.471 e. The molecule has 0 atom stereocenters. The van der Waals surface area contributed by atoms with E-state index in [4.69, 9.17) is 4.74 Å². The number of nitrogens with one attached hydrogen (secondary N) is 2. The zero-order valence-electron chi connectivity index (χ0n) is 11.1. The monoisotopic (exact) mass is 302 g/mol. The molecule has 0 fully saturated rings. The van der Waals surface area contributed by atoms with Crippen LogP contribution in [0.1, 0.15) is 11.1 Å². The van der Waals surface area contributed by atoms with Crippen LogP contribution in [0.2, 0.25) is 0 Å². The summed E-state index contributed by atoms with van der Waals surface area (Å²) in [5, 5.41) is 4.45. The highest BCUT2D eigenvalue weighted by molar-refractivity contribution is 6.01. The van der Waals surface area contributed by atoms with Gasteiger partial charge >= 0.3 is 12.1 Å². The SMILES string of the molecule is COc1ccc(CCNC(=O)C(F)(F)F)c2c1NC(=O)C2. The molecule has 0 bridgehead atoms. The summed E-state index contributed by atoms with van der Waals surface area (Å²) in [6.07, 6.45) is -4.54. The van der Waals surface area contributed by atoms with E-state index in [-0.39, 0.29) is 25.3 Å². The second-order valence-electron chi connectivity index (χ2n) is 4.51. The minimum absolute atomic E-state index is 0.148. The van der Waals surface area contributed by atoms with E-state index in [2.05, 4.69) is 5.32 Å². The van der Waals surface area contributed by atoms with Gasteiger partial charge in [0.15, 0.2) is 0 Å². The first kappa shape index (κ1) is 15.1. The molecule has 1 aliphatic rings. The van der Waals surface area contributed by atoms with E-state index < -0.39 is 12.1 Å². The molecular formula is C13H13F3N2O3. The van der Waals surface area contributed by atoms with Gasteiger partial charge in [-0.3, -0.25) is 9.59 Å². The molecule has 2 N–H and O–H groups in total. The Morgan fingerprint density at radius 1 is 1.43 bits per heavy atom. The number of rotatable bonds is 4. The molecule has 1 heterocycles. The fourth-order valence-corrected chi connectivity index (χ4v) is 2.17. The van der Waals surface area contributed by atoms with Crippen molar-refractivity contribution in [1.29, 1.82) is 0 Å². The van der Waals surface area contributed by atoms with Crippen LogP contribution in [0.15, 0.2) is 12.1 Å². The number of carbonyl (C=O) groups is 2. The van der Waals surface area contributed by atoms with Crippen molar-refractivity contribution in [2.75, 3.05) is 19.0 Å². The highest BCUT2D eigenvalue weighted by Crippen LogP contribution is 2.35. The van der Waals surface area contributed by atoms with Gasteiger partial charge in [-0.05, 0) is 23.6 Å². The molecule has 5 nitrogen and oxygen atoms in total. The van der Waals surface area contributed by atoms with Crippen molar-refractivity contribution in [2.45, 2.75) is 19.0 Å². The average Bonchev–Trinajstić information content (AvgIpc) is 2.79. The molecule has 0 aliphatic carbocycles. The van der Waals surface area contributed by atoms with E-state index in [0.29, 0.717) is 22.6 Å². The summed E-state index contributed by atoms with van der Waals surface area (Å²) in [7, 11) is 1.46. The van der Waals surface area contributed by atoms with Crippen LogP contribution in [0.3, 0.4) is 0 Å². The van der Waals surface area contributed by atoms with E-state index in [1.54, 1.807) is 17.4 Å². The van der Waals surface area contributed by atoms with Crippen LogP contribution < -0.4 is 15.4 Å². The lowest BCUT2D eigenvalue weighted by Gasteiger charge is -2.12. The van der Waals surface area contributed by atoms with Crippen molar-refractivity contribution in [1.82, 2.24) is 5.32 Å². The van der Waals surface area contributed by atoms with Crippen LogP contribution in [0.4, 0.5) is 18.9 Å². The maximum Gasteiger partial charge on any atom is 0.471 e. The predicted octanol–water partition coefficient (Wildman–Crippen LogP) is 1.41. The summed E-state index contributed by atoms with van der Waals surface area (Å²) in [6.45, 7) is -0.161. The fourth-order valence-electron chi connectivity index (χ4n) is 2.17. The Labute approximate surface area is 118 Å². The Morgan fingerprint density at radius 2 is 2.14 bits per heavy atom. The number of carbonyl (C=O) groups excluding carboxylic acids is 2. The Bertz CT molecular complexity index is 585. The maximum absolute atomic E-state index is 12.1. The normalized spacial score (nSPS) is 13.6. The minimum atomic E-state index is -4.89. The number of ether oxygens (including phenoxy) is 1. The maximum atomic E-state index is 12.1. The highest BCUT2D eigenvalue weighted by atomic mass is 19.4. The van der Waals surface area contributed by atoms with Crippen LogP contribution in [-0.4, -0.2) is 31.6 Å². The van der Waals surface area contributed by atoms with Gasteiger partial charge in [0, 0.05) is 6.54 Å². The fraction of sp³-hybridized carbons (Fsp3) is 0.385. The number of anilines is 1. The summed E-state index contributed by atoms with van der Waals surface area (Å²) in [5.74, 6) is -1.67. The quantitative estimate of drug-likeness (QED) is 0.883. The molecule has 0 spiro atoms. The average molecular weight is 302 g/mol. The molecule has 21 heavy (non-hydrogen) atoms. The molecule has 0 saturated heterocycles. The minimum Gasteiger partial charge on any atom is -0.495 e. The summed E-state index contributed by atoms with van der Waals surface area (Å²) in [6, 6.07) is 3.31. The molecule has 2 amide bonds. The lowest BCUT2D eigenvalue weighted by atomic mass is 10.0.